The highest BCUT2D eigenvalue weighted by Gasteiger charge is 2.08. The molecule has 0 amide bonds. The summed E-state index contributed by atoms with van der Waals surface area (Å²) in [4.78, 5) is 4.30. The van der Waals surface area contributed by atoms with Crippen molar-refractivity contribution >= 4 is 5.71 Å². The van der Waals surface area contributed by atoms with E-state index in [1.165, 1.54) is 101 Å². The fourth-order valence-corrected chi connectivity index (χ4v) is 3.61. The molecule has 38 heavy (non-hydrogen) atoms. The fraction of sp³-hybridized carbons (Fsp3) is 0.757. The van der Waals surface area contributed by atoms with Gasteiger partial charge in [-0.2, -0.15) is 0 Å². The summed E-state index contributed by atoms with van der Waals surface area (Å²) in [6.45, 7) is 28.9. The lowest BCUT2D eigenvalue weighted by Gasteiger charge is -2.15. The third-order valence-electron chi connectivity index (χ3n) is 7.12. The van der Waals surface area contributed by atoms with Crippen molar-refractivity contribution < 1.29 is 0 Å². The Labute approximate surface area is 242 Å². The molecule has 2 rings (SSSR count). The highest BCUT2D eigenvalue weighted by atomic mass is 14.7. The van der Waals surface area contributed by atoms with Crippen molar-refractivity contribution in [3.8, 4) is 0 Å². The van der Waals surface area contributed by atoms with Gasteiger partial charge < -0.3 is 0 Å². The van der Waals surface area contributed by atoms with Gasteiger partial charge in [0.15, 0.2) is 0 Å². The molecule has 0 aromatic heterocycles. The van der Waals surface area contributed by atoms with E-state index in [1.54, 1.807) is 5.57 Å². The van der Waals surface area contributed by atoms with Crippen LogP contribution in [0.2, 0.25) is 0 Å². The summed E-state index contributed by atoms with van der Waals surface area (Å²) < 4.78 is 0. The molecule has 0 bridgehead atoms. The molecule has 0 aromatic carbocycles. The van der Waals surface area contributed by atoms with E-state index in [9.17, 15) is 0 Å². The van der Waals surface area contributed by atoms with Gasteiger partial charge in [0, 0.05) is 18.2 Å². The van der Waals surface area contributed by atoms with Crippen molar-refractivity contribution in [2.75, 3.05) is 6.54 Å². The molecule has 0 fully saturated rings. The van der Waals surface area contributed by atoms with Gasteiger partial charge in [0.25, 0.3) is 0 Å². The second-order valence-electron chi connectivity index (χ2n) is 11.2. The van der Waals surface area contributed by atoms with Crippen LogP contribution in [0, 0.1) is 11.8 Å². The third-order valence-corrected chi connectivity index (χ3v) is 7.12. The Hall–Kier alpha value is -1.37. The van der Waals surface area contributed by atoms with Crippen LogP contribution in [-0.2, 0) is 0 Å². The predicted octanol–water partition coefficient (Wildman–Crippen LogP) is 13.3. The van der Waals surface area contributed by atoms with Gasteiger partial charge in [0.1, 0.15) is 0 Å². The Balaban J connectivity index is -0.000000414. The van der Waals surface area contributed by atoms with Crippen molar-refractivity contribution in [2.45, 2.75) is 166 Å². The van der Waals surface area contributed by atoms with Gasteiger partial charge in [-0.15, -0.1) is 0 Å². The Morgan fingerprint density at radius 3 is 1.47 bits per heavy atom. The number of hydrogen-bond donors (Lipinski definition) is 0. The highest BCUT2D eigenvalue weighted by Crippen LogP contribution is 2.23. The van der Waals surface area contributed by atoms with E-state index in [1.807, 2.05) is 13.8 Å². The third kappa shape index (κ3) is 29.2. The number of rotatable bonds is 11. The Morgan fingerprint density at radius 1 is 0.737 bits per heavy atom. The number of aliphatic imine (C=N–C) groups is 1. The maximum absolute atomic E-state index is 4.30. The molecule has 1 nitrogen and oxygen atoms in total. The lowest BCUT2D eigenvalue weighted by Crippen LogP contribution is -2.08. The summed E-state index contributed by atoms with van der Waals surface area (Å²) in [6.07, 6.45) is 28.1. The lowest BCUT2D eigenvalue weighted by atomic mass is 9.90. The minimum Gasteiger partial charge on any atom is -0.289 e. The van der Waals surface area contributed by atoms with Crippen molar-refractivity contribution in [3.63, 3.8) is 0 Å². The predicted molar refractivity (Wildman–Crippen MR) is 181 cm³/mol. The Bertz CT molecular complexity index is 619. The minimum atomic E-state index is 0.476. The largest absolute Gasteiger partial charge is 0.289 e. The molecule has 1 aliphatic carbocycles. The zero-order valence-corrected chi connectivity index (χ0v) is 28.2. The first kappa shape index (κ1) is 41.1. The second kappa shape index (κ2) is 31.8. The fourth-order valence-electron chi connectivity index (χ4n) is 3.61. The van der Waals surface area contributed by atoms with Crippen LogP contribution in [0.1, 0.15) is 166 Å². The quantitative estimate of drug-likeness (QED) is 0.186. The van der Waals surface area contributed by atoms with Crippen LogP contribution >= 0.6 is 0 Å². The summed E-state index contributed by atoms with van der Waals surface area (Å²) in [5.74, 6) is 1.25. The van der Waals surface area contributed by atoms with Crippen molar-refractivity contribution in [1.82, 2.24) is 0 Å². The van der Waals surface area contributed by atoms with Gasteiger partial charge in [-0.1, -0.05) is 173 Å². The van der Waals surface area contributed by atoms with Gasteiger partial charge in [-0.25, -0.2) is 0 Å². The van der Waals surface area contributed by atoms with Gasteiger partial charge >= 0.3 is 0 Å². The van der Waals surface area contributed by atoms with Crippen LogP contribution in [0.15, 0.2) is 52.6 Å². The number of allylic oxidation sites excluding steroid dienone is 5. The summed E-state index contributed by atoms with van der Waals surface area (Å²) in [7, 11) is 0. The first-order valence-electron chi connectivity index (χ1n) is 16.3. The molecule has 1 heterocycles. The van der Waals surface area contributed by atoms with Gasteiger partial charge in [0.2, 0.25) is 0 Å². The van der Waals surface area contributed by atoms with Crippen molar-refractivity contribution in [3.05, 3.63) is 47.6 Å². The number of nitrogens with zero attached hydrogens (tertiary/aromatic N) is 1. The molecule has 1 aliphatic heterocycles. The Kier molecular flexibility index (Phi) is 34.5. The molecule has 0 saturated carbocycles. The molecule has 0 N–H and O–H groups in total. The van der Waals surface area contributed by atoms with Gasteiger partial charge in [-0.05, 0) is 46.1 Å². The molecule has 0 spiro atoms. The van der Waals surface area contributed by atoms with Crippen LogP contribution < -0.4 is 0 Å². The topological polar surface area (TPSA) is 12.4 Å². The van der Waals surface area contributed by atoms with Gasteiger partial charge in [0.05, 0.1) is 0 Å². The van der Waals surface area contributed by atoms with Crippen LogP contribution in [-0.4, -0.2) is 12.3 Å². The molecule has 2 aliphatic rings. The van der Waals surface area contributed by atoms with Crippen molar-refractivity contribution in [1.29, 1.82) is 0 Å². The van der Waals surface area contributed by atoms with E-state index < -0.39 is 0 Å². The van der Waals surface area contributed by atoms with Crippen LogP contribution in [0.3, 0.4) is 0 Å². The van der Waals surface area contributed by atoms with Gasteiger partial charge in [-0.3, -0.25) is 4.99 Å². The van der Waals surface area contributed by atoms with Crippen LogP contribution in [0.25, 0.3) is 0 Å². The zero-order valence-electron chi connectivity index (χ0n) is 28.2. The van der Waals surface area contributed by atoms with E-state index in [0.29, 0.717) is 5.92 Å². The molecule has 0 aromatic rings. The Morgan fingerprint density at radius 2 is 1.18 bits per heavy atom. The summed E-state index contributed by atoms with van der Waals surface area (Å²) in [5.41, 5.74) is 5.33. The van der Waals surface area contributed by atoms with Crippen LogP contribution in [0.4, 0.5) is 0 Å². The SMILES string of the molecule is C=C(C)C1C=CC(C)=NC1.CC1=C(C)C(C)CC=C1.CCCC.CCCCCCC.CCCCCCCC. The van der Waals surface area contributed by atoms with E-state index >= 15 is 0 Å². The van der Waals surface area contributed by atoms with E-state index in [4.69, 9.17) is 0 Å². The lowest BCUT2D eigenvalue weighted by molar-refractivity contribution is 0.624. The molecule has 0 radical (unpaired) electrons. The maximum atomic E-state index is 4.30. The van der Waals surface area contributed by atoms with E-state index in [0.717, 1.165) is 18.2 Å². The monoisotopic (exact) mass is 530 g/mol. The number of dihydropyridines is 1. The molecular weight excluding hydrogens is 458 g/mol. The number of unbranched alkanes of at least 4 members (excludes halogenated alkanes) is 10. The standard InChI is InChI=1S/C9H13N.C9H14.C8H18.C7H16.C4H10/c1-7(2)9-5-4-8(3)10-6-9;1-7-5-4-6-8(2)9(7)3;1-3-5-7-8-6-4-2;1-3-5-7-6-4-2;1-3-4-2/h4-5,9H,1,6H2,2-3H3;4-5,8H,6H2,1-3H3;3-8H2,1-2H3;3-7H2,1-2H3;3-4H2,1-2H3. The van der Waals surface area contributed by atoms with Crippen LogP contribution in [0.5, 0.6) is 0 Å². The normalized spacial score (nSPS) is 17.4. The minimum absolute atomic E-state index is 0.476. The highest BCUT2D eigenvalue weighted by molar-refractivity contribution is 5.93. The smallest absolute Gasteiger partial charge is 0.0492 e. The molecule has 0 saturated heterocycles. The van der Waals surface area contributed by atoms with E-state index in [-0.39, 0.29) is 0 Å². The zero-order chi connectivity index (χ0) is 29.6. The molecule has 224 valence electrons. The number of hydrogen-bond acceptors (Lipinski definition) is 1. The summed E-state index contributed by atoms with van der Waals surface area (Å²) in [5, 5.41) is 0. The average molecular weight is 530 g/mol. The average Bonchev–Trinajstić information content (AvgIpc) is 2.91. The summed E-state index contributed by atoms with van der Waals surface area (Å²) >= 11 is 0. The maximum Gasteiger partial charge on any atom is 0.0492 e. The molecule has 1 heteroatoms. The second-order valence-corrected chi connectivity index (χ2v) is 11.2. The molecule has 2 unspecified atom stereocenters. The molecular formula is C37H71N. The first-order chi connectivity index (χ1) is 18.2. The van der Waals surface area contributed by atoms with E-state index in [2.05, 4.69) is 98.2 Å². The summed E-state index contributed by atoms with van der Waals surface area (Å²) in [6, 6.07) is 0. The molecule has 2 atom stereocenters. The first-order valence-corrected chi connectivity index (χ1v) is 16.3. The van der Waals surface area contributed by atoms with Crippen molar-refractivity contribution in [2.24, 2.45) is 16.8 Å².